The Hall–Kier alpha value is -1.94. The standard InChI is InChI=1S/C17H27NO8/c1-7-25-14(19)10-9-11(15(20)26-8-2)13(17(23-5)24-6)18-12(10)16(21-3)22-4/h16-18H,7-9H2,1-6H3. The number of carbonyl (C=O) groups excluding carboxylic acids is 2. The van der Waals surface area contributed by atoms with Crippen LogP contribution in [0.2, 0.25) is 0 Å². The Balaban J connectivity index is 3.43. The van der Waals surface area contributed by atoms with E-state index in [1.165, 1.54) is 28.4 Å². The van der Waals surface area contributed by atoms with Gasteiger partial charge in [0.25, 0.3) is 0 Å². The lowest BCUT2D eigenvalue weighted by Crippen LogP contribution is -2.40. The number of esters is 2. The molecular weight excluding hydrogens is 346 g/mol. The van der Waals surface area contributed by atoms with Gasteiger partial charge in [-0.2, -0.15) is 0 Å². The van der Waals surface area contributed by atoms with Gasteiger partial charge in [0, 0.05) is 34.9 Å². The van der Waals surface area contributed by atoms with E-state index in [-0.39, 0.29) is 30.8 Å². The minimum Gasteiger partial charge on any atom is -0.463 e. The Bertz CT molecular complexity index is 513. The van der Waals surface area contributed by atoms with Gasteiger partial charge in [-0.05, 0) is 13.8 Å². The van der Waals surface area contributed by atoms with Crippen LogP contribution in [0.15, 0.2) is 22.5 Å². The lowest BCUT2D eigenvalue weighted by atomic mass is 9.96. The fourth-order valence-corrected chi connectivity index (χ4v) is 2.53. The van der Waals surface area contributed by atoms with Gasteiger partial charge in [0.2, 0.25) is 0 Å². The van der Waals surface area contributed by atoms with Gasteiger partial charge < -0.3 is 33.7 Å². The molecule has 1 aliphatic rings. The molecule has 0 aromatic heterocycles. The van der Waals surface area contributed by atoms with Crippen molar-refractivity contribution in [1.29, 1.82) is 0 Å². The summed E-state index contributed by atoms with van der Waals surface area (Å²) in [6.07, 6.45) is -1.79. The average Bonchev–Trinajstić information content (AvgIpc) is 2.64. The Morgan fingerprint density at radius 1 is 0.808 bits per heavy atom. The zero-order chi connectivity index (χ0) is 19.7. The van der Waals surface area contributed by atoms with Crippen molar-refractivity contribution in [2.24, 2.45) is 0 Å². The van der Waals surface area contributed by atoms with Crippen molar-refractivity contribution in [2.75, 3.05) is 41.7 Å². The highest BCUT2D eigenvalue weighted by atomic mass is 16.7. The smallest absolute Gasteiger partial charge is 0.336 e. The van der Waals surface area contributed by atoms with Crippen molar-refractivity contribution in [2.45, 2.75) is 32.8 Å². The van der Waals surface area contributed by atoms with Crippen LogP contribution in [0.4, 0.5) is 0 Å². The predicted molar refractivity (Wildman–Crippen MR) is 90.7 cm³/mol. The number of hydrogen-bond acceptors (Lipinski definition) is 9. The third-order valence-corrected chi connectivity index (χ3v) is 3.64. The lowest BCUT2D eigenvalue weighted by Gasteiger charge is -2.31. The van der Waals surface area contributed by atoms with Crippen LogP contribution >= 0.6 is 0 Å². The lowest BCUT2D eigenvalue weighted by molar-refractivity contribution is -0.140. The van der Waals surface area contributed by atoms with E-state index in [1.807, 2.05) is 0 Å². The second-order valence-electron chi connectivity index (χ2n) is 5.13. The summed E-state index contributed by atoms with van der Waals surface area (Å²) in [7, 11) is 5.72. The molecule has 0 saturated heterocycles. The normalized spacial score (nSPS) is 14.8. The van der Waals surface area contributed by atoms with E-state index in [2.05, 4.69) is 5.32 Å². The fourth-order valence-electron chi connectivity index (χ4n) is 2.53. The fraction of sp³-hybridized carbons (Fsp3) is 0.647. The molecule has 0 saturated carbocycles. The molecule has 1 heterocycles. The van der Waals surface area contributed by atoms with Gasteiger partial charge in [-0.1, -0.05) is 0 Å². The Kier molecular flexibility index (Phi) is 9.28. The molecule has 0 bridgehead atoms. The monoisotopic (exact) mass is 373 g/mol. The maximum Gasteiger partial charge on any atom is 0.336 e. The van der Waals surface area contributed by atoms with Crippen LogP contribution in [0.3, 0.4) is 0 Å². The van der Waals surface area contributed by atoms with Crippen LogP contribution in [0.5, 0.6) is 0 Å². The summed E-state index contributed by atoms with van der Waals surface area (Å²) >= 11 is 0. The minimum absolute atomic E-state index is 0.0399. The number of ether oxygens (including phenoxy) is 6. The molecule has 9 heteroatoms. The highest BCUT2D eigenvalue weighted by Gasteiger charge is 2.36. The van der Waals surface area contributed by atoms with Crippen molar-refractivity contribution in [3.63, 3.8) is 0 Å². The summed E-state index contributed by atoms with van der Waals surface area (Å²) in [5.41, 5.74) is 1.04. The summed E-state index contributed by atoms with van der Waals surface area (Å²) in [5, 5.41) is 2.99. The van der Waals surface area contributed by atoms with E-state index in [0.29, 0.717) is 11.4 Å². The van der Waals surface area contributed by atoms with Crippen molar-refractivity contribution in [3.05, 3.63) is 22.5 Å². The molecule has 26 heavy (non-hydrogen) atoms. The summed E-state index contributed by atoms with van der Waals surface area (Å²) < 4.78 is 31.3. The van der Waals surface area contributed by atoms with Crippen LogP contribution in [0.1, 0.15) is 20.3 Å². The molecule has 0 spiro atoms. The number of rotatable bonds is 10. The van der Waals surface area contributed by atoms with Gasteiger partial charge in [-0.15, -0.1) is 0 Å². The Labute approximate surface area is 153 Å². The summed E-state index contributed by atoms with van der Waals surface area (Å²) in [5.74, 6) is -1.16. The highest BCUT2D eigenvalue weighted by molar-refractivity contribution is 5.97. The van der Waals surface area contributed by atoms with Gasteiger partial charge >= 0.3 is 11.9 Å². The van der Waals surface area contributed by atoms with Gasteiger partial charge in [0.15, 0.2) is 12.6 Å². The van der Waals surface area contributed by atoms with E-state index in [1.54, 1.807) is 13.8 Å². The molecule has 1 N–H and O–H groups in total. The van der Waals surface area contributed by atoms with Crippen molar-refractivity contribution in [1.82, 2.24) is 5.32 Å². The molecule has 0 radical (unpaired) electrons. The van der Waals surface area contributed by atoms with E-state index < -0.39 is 24.5 Å². The first-order valence-electron chi connectivity index (χ1n) is 8.17. The molecule has 148 valence electrons. The zero-order valence-electron chi connectivity index (χ0n) is 16.0. The van der Waals surface area contributed by atoms with E-state index in [4.69, 9.17) is 28.4 Å². The van der Waals surface area contributed by atoms with Crippen LogP contribution in [0, 0.1) is 0 Å². The first kappa shape index (κ1) is 22.1. The number of dihydropyridines is 1. The van der Waals surface area contributed by atoms with Gasteiger partial charge in [0.1, 0.15) is 0 Å². The third-order valence-electron chi connectivity index (χ3n) is 3.64. The maximum absolute atomic E-state index is 12.4. The first-order valence-corrected chi connectivity index (χ1v) is 8.17. The zero-order valence-corrected chi connectivity index (χ0v) is 16.0. The minimum atomic E-state index is -0.873. The van der Waals surface area contributed by atoms with E-state index in [0.717, 1.165) is 0 Å². The molecule has 0 aliphatic carbocycles. The van der Waals surface area contributed by atoms with Gasteiger partial charge in [-0.25, -0.2) is 9.59 Å². The maximum atomic E-state index is 12.4. The summed E-state index contributed by atoms with van der Waals surface area (Å²) in [4.78, 5) is 24.8. The first-order chi connectivity index (χ1) is 12.5. The largest absolute Gasteiger partial charge is 0.463 e. The molecular formula is C17H27NO8. The number of carbonyl (C=O) groups is 2. The average molecular weight is 373 g/mol. The second-order valence-corrected chi connectivity index (χ2v) is 5.13. The molecule has 0 fully saturated rings. The van der Waals surface area contributed by atoms with E-state index in [9.17, 15) is 9.59 Å². The van der Waals surface area contributed by atoms with Crippen molar-refractivity contribution >= 4 is 11.9 Å². The summed E-state index contributed by atoms with van der Waals surface area (Å²) in [6.45, 7) is 3.75. The Morgan fingerprint density at radius 3 is 1.42 bits per heavy atom. The Morgan fingerprint density at radius 2 is 1.15 bits per heavy atom. The molecule has 0 amide bonds. The van der Waals surface area contributed by atoms with Gasteiger partial charge in [0.05, 0.1) is 35.8 Å². The quantitative estimate of drug-likeness (QED) is 0.441. The number of methoxy groups -OCH3 is 4. The van der Waals surface area contributed by atoms with Crippen LogP contribution < -0.4 is 5.32 Å². The molecule has 1 rings (SSSR count). The molecule has 0 atom stereocenters. The molecule has 1 aliphatic heterocycles. The summed E-state index contributed by atoms with van der Waals surface area (Å²) in [6, 6.07) is 0. The number of hydrogen-bond donors (Lipinski definition) is 1. The van der Waals surface area contributed by atoms with Crippen LogP contribution in [-0.2, 0) is 38.0 Å². The van der Waals surface area contributed by atoms with Gasteiger partial charge in [-0.3, -0.25) is 0 Å². The third kappa shape index (κ3) is 5.04. The predicted octanol–water partition coefficient (Wildman–Crippen LogP) is 0.852. The molecule has 0 unspecified atom stereocenters. The second kappa shape index (κ2) is 10.9. The van der Waals surface area contributed by atoms with Crippen molar-refractivity contribution < 1.29 is 38.0 Å². The van der Waals surface area contributed by atoms with Crippen LogP contribution in [0.25, 0.3) is 0 Å². The highest BCUT2D eigenvalue weighted by Crippen LogP contribution is 2.30. The molecule has 9 nitrogen and oxygen atoms in total. The van der Waals surface area contributed by atoms with Crippen LogP contribution in [-0.4, -0.2) is 66.2 Å². The SMILES string of the molecule is CCOC(=O)C1=C(C(OC)OC)NC(C(OC)OC)=C(C(=O)OCC)C1. The molecule has 0 aromatic carbocycles. The number of nitrogens with one attached hydrogen (secondary N) is 1. The molecule has 0 aromatic rings. The van der Waals surface area contributed by atoms with E-state index >= 15 is 0 Å². The topological polar surface area (TPSA) is 102 Å². The van der Waals surface area contributed by atoms with Crippen molar-refractivity contribution in [3.8, 4) is 0 Å².